The van der Waals surface area contributed by atoms with Gasteiger partial charge in [-0.2, -0.15) is 0 Å². The van der Waals surface area contributed by atoms with Gasteiger partial charge in [0.05, 0.1) is 12.7 Å². The Labute approximate surface area is 172 Å². The van der Waals surface area contributed by atoms with Crippen molar-refractivity contribution in [2.45, 2.75) is 6.92 Å². The molecule has 0 atom stereocenters. The number of carbonyl (C=O) groups is 2. The second-order valence-electron chi connectivity index (χ2n) is 6.51. The normalized spacial score (nSPS) is 13.9. The van der Waals surface area contributed by atoms with Crippen molar-refractivity contribution in [3.63, 3.8) is 0 Å². The SMILES string of the molecule is COc1ccc(C(=O)COc2ccc3c(c2)O/C(=C/c2sccc2C)C3=O)cc1. The Morgan fingerprint density at radius 2 is 1.86 bits per heavy atom. The summed E-state index contributed by atoms with van der Waals surface area (Å²) < 4.78 is 16.4. The van der Waals surface area contributed by atoms with Crippen molar-refractivity contribution in [3.05, 3.63) is 81.2 Å². The van der Waals surface area contributed by atoms with Crippen LogP contribution in [0.2, 0.25) is 0 Å². The number of allylic oxidation sites excluding steroid dienone is 1. The van der Waals surface area contributed by atoms with Crippen LogP contribution in [0.25, 0.3) is 6.08 Å². The van der Waals surface area contributed by atoms with E-state index in [9.17, 15) is 9.59 Å². The maximum absolute atomic E-state index is 12.6. The van der Waals surface area contributed by atoms with E-state index in [1.807, 2.05) is 18.4 Å². The zero-order valence-electron chi connectivity index (χ0n) is 15.9. The first-order chi connectivity index (χ1) is 14.0. The third-order valence-electron chi connectivity index (χ3n) is 4.59. The molecule has 0 saturated heterocycles. The van der Waals surface area contributed by atoms with Gasteiger partial charge in [0.1, 0.15) is 17.2 Å². The van der Waals surface area contributed by atoms with Gasteiger partial charge in [-0.1, -0.05) is 0 Å². The lowest BCUT2D eigenvalue weighted by Crippen LogP contribution is -2.11. The van der Waals surface area contributed by atoms with Crippen LogP contribution < -0.4 is 14.2 Å². The van der Waals surface area contributed by atoms with Gasteiger partial charge in [-0.25, -0.2) is 0 Å². The third-order valence-corrected chi connectivity index (χ3v) is 5.55. The first kappa shape index (κ1) is 19.0. The van der Waals surface area contributed by atoms with E-state index in [1.165, 1.54) is 0 Å². The van der Waals surface area contributed by atoms with Crippen LogP contribution in [-0.4, -0.2) is 25.3 Å². The minimum absolute atomic E-state index is 0.115. The van der Waals surface area contributed by atoms with E-state index in [0.29, 0.717) is 28.4 Å². The summed E-state index contributed by atoms with van der Waals surface area (Å²) in [6, 6.07) is 13.8. The number of Topliss-reactive ketones (excluding diaryl/α,β-unsaturated/α-hetero) is 2. The molecule has 1 aliphatic rings. The second kappa shape index (κ2) is 7.93. The Morgan fingerprint density at radius 3 is 2.55 bits per heavy atom. The molecule has 5 nitrogen and oxygen atoms in total. The van der Waals surface area contributed by atoms with Crippen molar-refractivity contribution in [1.82, 2.24) is 0 Å². The number of ether oxygens (including phenoxy) is 3. The lowest BCUT2D eigenvalue weighted by Gasteiger charge is -2.07. The minimum atomic E-state index is -0.159. The number of carbonyl (C=O) groups excluding carboxylic acids is 2. The maximum Gasteiger partial charge on any atom is 0.232 e. The molecule has 3 aromatic rings. The van der Waals surface area contributed by atoms with Crippen LogP contribution in [0.5, 0.6) is 17.2 Å². The van der Waals surface area contributed by atoms with Crippen molar-refractivity contribution in [2.24, 2.45) is 0 Å². The van der Waals surface area contributed by atoms with E-state index >= 15 is 0 Å². The van der Waals surface area contributed by atoms with Gasteiger partial charge in [0.2, 0.25) is 5.78 Å². The molecule has 0 amide bonds. The van der Waals surface area contributed by atoms with Crippen LogP contribution in [0.3, 0.4) is 0 Å². The summed E-state index contributed by atoms with van der Waals surface area (Å²) in [5, 5.41) is 1.97. The third kappa shape index (κ3) is 3.93. The molecule has 1 aliphatic heterocycles. The van der Waals surface area contributed by atoms with Crippen LogP contribution >= 0.6 is 11.3 Å². The molecule has 0 unspecified atom stereocenters. The van der Waals surface area contributed by atoms with Crippen LogP contribution in [0.15, 0.2) is 59.7 Å². The topological polar surface area (TPSA) is 61.8 Å². The highest BCUT2D eigenvalue weighted by Crippen LogP contribution is 2.35. The Kier molecular flexibility index (Phi) is 5.18. The summed E-state index contributed by atoms with van der Waals surface area (Å²) in [6.45, 7) is 1.87. The molecule has 0 fully saturated rings. The molecule has 6 heteroatoms. The van der Waals surface area contributed by atoms with Gasteiger partial charge in [0.15, 0.2) is 18.1 Å². The molecule has 0 aliphatic carbocycles. The Morgan fingerprint density at radius 1 is 1.10 bits per heavy atom. The van der Waals surface area contributed by atoms with Crippen molar-refractivity contribution in [3.8, 4) is 17.2 Å². The van der Waals surface area contributed by atoms with Crippen LogP contribution in [0.1, 0.15) is 31.2 Å². The van der Waals surface area contributed by atoms with Crippen molar-refractivity contribution in [2.75, 3.05) is 13.7 Å². The highest BCUT2D eigenvalue weighted by atomic mass is 32.1. The van der Waals surface area contributed by atoms with E-state index in [-0.39, 0.29) is 23.9 Å². The molecular weight excluding hydrogens is 388 g/mol. The lowest BCUT2D eigenvalue weighted by atomic mass is 10.1. The van der Waals surface area contributed by atoms with Crippen LogP contribution in [-0.2, 0) is 0 Å². The van der Waals surface area contributed by atoms with Gasteiger partial charge in [0.25, 0.3) is 0 Å². The van der Waals surface area contributed by atoms with Crippen molar-refractivity contribution < 1.29 is 23.8 Å². The predicted octanol–water partition coefficient (Wildman–Crippen LogP) is 4.94. The molecule has 4 rings (SSSR count). The van der Waals surface area contributed by atoms with Crippen LogP contribution in [0, 0.1) is 6.92 Å². The van der Waals surface area contributed by atoms with E-state index in [4.69, 9.17) is 14.2 Å². The van der Waals surface area contributed by atoms with Crippen LogP contribution in [0.4, 0.5) is 0 Å². The van der Waals surface area contributed by atoms with Gasteiger partial charge in [0, 0.05) is 22.6 Å². The van der Waals surface area contributed by atoms with Gasteiger partial charge >= 0.3 is 0 Å². The number of thiophene rings is 1. The fourth-order valence-electron chi connectivity index (χ4n) is 2.92. The van der Waals surface area contributed by atoms with Gasteiger partial charge in [-0.05, 0) is 60.3 Å². The largest absolute Gasteiger partial charge is 0.497 e. The number of aryl methyl sites for hydroxylation is 1. The second-order valence-corrected chi connectivity index (χ2v) is 7.45. The van der Waals surface area contributed by atoms with Gasteiger partial charge in [-0.3, -0.25) is 9.59 Å². The van der Waals surface area contributed by atoms with E-state index in [0.717, 1.165) is 10.4 Å². The molecular formula is C23H18O5S. The predicted molar refractivity (Wildman–Crippen MR) is 111 cm³/mol. The molecule has 0 radical (unpaired) electrons. The lowest BCUT2D eigenvalue weighted by molar-refractivity contribution is 0.0921. The van der Waals surface area contributed by atoms with Crippen molar-refractivity contribution in [1.29, 1.82) is 0 Å². The molecule has 0 saturated carbocycles. The summed E-state index contributed by atoms with van der Waals surface area (Å²) in [5.41, 5.74) is 2.12. The Balaban J connectivity index is 1.45. The summed E-state index contributed by atoms with van der Waals surface area (Å²) in [4.78, 5) is 25.8. The fraction of sp³-hybridized carbons (Fsp3) is 0.130. The molecule has 2 heterocycles. The quantitative estimate of drug-likeness (QED) is 0.428. The average molecular weight is 406 g/mol. The van der Waals surface area contributed by atoms with Gasteiger partial charge < -0.3 is 14.2 Å². The highest BCUT2D eigenvalue weighted by molar-refractivity contribution is 7.11. The number of hydrogen-bond donors (Lipinski definition) is 0. The first-order valence-corrected chi connectivity index (χ1v) is 9.85. The first-order valence-electron chi connectivity index (χ1n) is 8.97. The molecule has 146 valence electrons. The monoisotopic (exact) mass is 406 g/mol. The zero-order valence-corrected chi connectivity index (χ0v) is 16.7. The summed E-state index contributed by atoms with van der Waals surface area (Å²) >= 11 is 1.55. The molecule has 1 aromatic heterocycles. The van der Waals surface area contributed by atoms with Gasteiger partial charge in [-0.15, -0.1) is 11.3 Å². The van der Waals surface area contributed by atoms with E-state index < -0.39 is 0 Å². The zero-order chi connectivity index (χ0) is 20.4. The standard InChI is InChI=1S/C23H18O5S/c1-14-9-10-29-22(14)12-21-23(25)18-8-7-17(11-20(18)28-21)27-13-19(24)15-3-5-16(26-2)6-4-15/h3-12H,13H2,1-2H3/b21-12+. The number of ketones is 2. The highest BCUT2D eigenvalue weighted by Gasteiger charge is 2.28. The smallest absolute Gasteiger partial charge is 0.232 e. The molecule has 0 bridgehead atoms. The Hall–Kier alpha value is -3.38. The number of benzene rings is 2. The molecule has 29 heavy (non-hydrogen) atoms. The van der Waals surface area contributed by atoms with E-state index in [1.54, 1.807) is 67.0 Å². The number of rotatable bonds is 6. The molecule has 2 aromatic carbocycles. The fourth-order valence-corrected chi connectivity index (χ4v) is 3.77. The average Bonchev–Trinajstić information content (AvgIpc) is 3.29. The Bertz CT molecular complexity index is 1110. The maximum atomic E-state index is 12.6. The number of fused-ring (bicyclic) bond motifs is 1. The molecule has 0 N–H and O–H groups in total. The molecule has 0 spiro atoms. The van der Waals surface area contributed by atoms with E-state index in [2.05, 4.69) is 0 Å². The summed E-state index contributed by atoms with van der Waals surface area (Å²) in [6.07, 6.45) is 1.76. The van der Waals surface area contributed by atoms with Crippen molar-refractivity contribution >= 4 is 29.0 Å². The number of methoxy groups -OCH3 is 1. The number of hydrogen-bond acceptors (Lipinski definition) is 6. The summed E-state index contributed by atoms with van der Waals surface area (Å²) in [5.74, 6) is 1.56. The minimum Gasteiger partial charge on any atom is -0.497 e. The summed E-state index contributed by atoms with van der Waals surface area (Å²) in [7, 11) is 1.57.